The summed E-state index contributed by atoms with van der Waals surface area (Å²) in [5.41, 5.74) is 0. The van der Waals surface area contributed by atoms with Gasteiger partial charge in [-0.15, -0.1) is 0 Å². The van der Waals surface area contributed by atoms with Crippen LogP contribution in [-0.2, 0) is 4.79 Å². The maximum atomic E-state index is 8.00. The highest BCUT2D eigenvalue weighted by atomic mass is 16.2. The monoisotopic (exact) mass is 188 g/mol. The topological polar surface area (TPSA) is 37.3 Å². The fourth-order valence-electron chi connectivity index (χ4n) is 0.945. The van der Waals surface area contributed by atoms with Crippen LogP contribution in [0.15, 0.2) is 12.2 Å². The minimum atomic E-state index is 0.949. The molecule has 0 radical (unpaired) electrons. The first-order chi connectivity index (χ1) is 6.39. The van der Waals surface area contributed by atoms with Gasteiger partial charge in [-0.2, -0.15) is 0 Å². The molecule has 1 aliphatic carbocycles. The van der Waals surface area contributed by atoms with Crippen LogP contribution in [0.25, 0.3) is 0 Å². The average Bonchev–Trinajstić information content (AvgIpc) is 2.28. The second-order valence-corrected chi connectivity index (χ2v) is 2.39. The predicted molar refractivity (Wildman–Crippen MR) is 58.8 cm³/mol. The maximum absolute atomic E-state index is 8.00. The lowest BCUT2D eigenvalue weighted by atomic mass is 9.97. The van der Waals surface area contributed by atoms with Crippen molar-refractivity contribution in [3.8, 4) is 0 Å². The molecule has 13 heavy (non-hydrogen) atoms. The molecule has 0 spiro atoms. The fourth-order valence-corrected chi connectivity index (χ4v) is 0.945. The van der Waals surface area contributed by atoms with Crippen LogP contribution in [0.4, 0.5) is 0 Å². The third-order valence-electron chi connectivity index (χ3n) is 1.53. The SMILES string of the molecule is C=O.CC.CC1CC=CCC1.CO. The summed E-state index contributed by atoms with van der Waals surface area (Å²) in [7, 11) is 1.00. The molecule has 1 aliphatic rings. The number of aliphatic hydroxyl groups is 1. The van der Waals surface area contributed by atoms with E-state index >= 15 is 0 Å². The fraction of sp³-hybridized carbons (Fsp3) is 0.727. The Labute approximate surface area is 82.7 Å². The van der Waals surface area contributed by atoms with Gasteiger partial charge in [0.2, 0.25) is 0 Å². The zero-order chi connectivity index (χ0) is 11.1. The van der Waals surface area contributed by atoms with E-state index in [1.54, 1.807) is 0 Å². The van der Waals surface area contributed by atoms with E-state index in [1.807, 2.05) is 20.6 Å². The molecular weight excluding hydrogens is 164 g/mol. The first-order valence-corrected chi connectivity index (χ1v) is 4.78. The summed E-state index contributed by atoms with van der Waals surface area (Å²) in [6, 6.07) is 0. The van der Waals surface area contributed by atoms with E-state index in [0.29, 0.717) is 0 Å². The molecule has 0 aromatic rings. The zero-order valence-corrected chi connectivity index (χ0v) is 9.42. The molecule has 0 bridgehead atoms. The molecule has 0 aromatic carbocycles. The highest BCUT2D eigenvalue weighted by Gasteiger charge is 2.00. The summed E-state index contributed by atoms with van der Waals surface area (Å²) in [5, 5.41) is 7.00. The van der Waals surface area contributed by atoms with E-state index in [4.69, 9.17) is 9.90 Å². The van der Waals surface area contributed by atoms with Crippen molar-refractivity contribution in [3.63, 3.8) is 0 Å². The van der Waals surface area contributed by atoms with E-state index in [0.717, 1.165) is 13.0 Å². The summed E-state index contributed by atoms with van der Waals surface area (Å²) in [6.07, 6.45) is 8.58. The van der Waals surface area contributed by atoms with Crippen molar-refractivity contribution in [1.29, 1.82) is 0 Å². The van der Waals surface area contributed by atoms with Crippen LogP contribution < -0.4 is 0 Å². The lowest BCUT2D eigenvalue weighted by Crippen LogP contribution is -1.94. The van der Waals surface area contributed by atoms with Crippen molar-refractivity contribution in [1.82, 2.24) is 0 Å². The molecule has 1 N–H and O–H groups in total. The minimum Gasteiger partial charge on any atom is -0.400 e. The Morgan fingerprint density at radius 1 is 1.23 bits per heavy atom. The van der Waals surface area contributed by atoms with Crippen LogP contribution in [0.5, 0.6) is 0 Å². The molecule has 80 valence electrons. The minimum absolute atomic E-state index is 0.949. The van der Waals surface area contributed by atoms with Crippen molar-refractivity contribution in [2.24, 2.45) is 5.92 Å². The van der Waals surface area contributed by atoms with Gasteiger partial charge in [0.25, 0.3) is 0 Å². The first kappa shape index (κ1) is 18.2. The molecule has 2 heteroatoms. The average molecular weight is 188 g/mol. The van der Waals surface area contributed by atoms with Gasteiger partial charge in [-0.3, -0.25) is 0 Å². The Balaban J connectivity index is -0.000000144. The molecule has 0 saturated carbocycles. The predicted octanol–water partition coefficient (Wildman–Crippen LogP) is 2.81. The van der Waals surface area contributed by atoms with Gasteiger partial charge in [-0.05, 0) is 25.2 Å². The number of aliphatic hydroxyl groups excluding tert-OH is 1. The third kappa shape index (κ3) is 18.4. The smallest absolute Gasteiger partial charge is 0.106 e. The molecule has 0 fully saturated rings. The molecule has 0 aliphatic heterocycles. The summed E-state index contributed by atoms with van der Waals surface area (Å²) in [6.45, 7) is 8.31. The van der Waals surface area contributed by atoms with Crippen molar-refractivity contribution in [2.45, 2.75) is 40.0 Å². The lowest BCUT2D eigenvalue weighted by Gasteiger charge is -2.09. The summed E-state index contributed by atoms with van der Waals surface area (Å²) >= 11 is 0. The number of allylic oxidation sites excluding steroid dienone is 2. The number of rotatable bonds is 0. The van der Waals surface area contributed by atoms with E-state index in [1.165, 1.54) is 19.3 Å². The number of carbonyl (C=O) groups excluding carboxylic acids is 1. The Morgan fingerprint density at radius 3 is 1.85 bits per heavy atom. The van der Waals surface area contributed by atoms with Gasteiger partial charge in [0.05, 0.1) is 0 Å². The number of hydrogen-bond acceptors (Lipinski definition) is 2. The largest absolute Gasteiger partial charge is 0.400 e. The van der Waals surface area contributed by atoms with Gasteiger partial charge in [-0.1, -0.05) is 32.9 Å². The Kier molecular flexibility index (Phi) is 31.5. The third-order valence-corrected chi connectivity index (χ3v) is 1.53. The molecule has 1 rings (SSSR count). The van der Waals surface area contributed by atoms with Gasteiger partial charge in [0, 0.05) is 7.11 Å². The lowest BCUT2D eigenvalue weighted by molar-refractivity contribution is -0.0979. The van der Waals surface area contributed by atoms with Crippen molar-refractivity contribution < 1.29 is 9.90 Å². The van der Waals surface area contributed by atoms with Gasteiger partial charge in [-0.25, -0.2) is 0 Å². The maximum Gasteiger partial charge on any atom is 0.106 e. The van der Waals surface area contributed by atoms with Crippen LogP contribution in [-0.4, -0.2) is 19.0 Å². The van der Waals surface area contributed by atoms with Crippen LogP contribution in [0.2, 0.25) is 0 Å². The summed E-state index contributed by atoms with van der Waals surface area (Å²) < 4.78 is 0. The summed E-state index contributed by atoms with van der Waals surface area (Å²) in [4.78, 5) is 8.00. The van der Waals surface area contributed by atoms with Gasteiger partial charge >= 0.3 is 0 Å². The van der Waals surface area contributed by atoms with Crippen LogP contribution in [0, 0.1) is 5.92 Å². The zero-order valence-electron chi connectivity index (χ0n) is 9.42. The van der Waals surface area contributed by atoms with Crippen molar-refractivity contribution >= 4 is 6.79 Å². The molecule has 2 nitrogen and oxygen atoms in total. The summed E-state index contributed by atoms with van der Waals surface area (Å²) in [5.74, 6) is 0.949. The first-order valence-electron chi connectivity index (χ1n) is 4.78. The van der Waals surface area contributed by atoms with E-state index in [-0.39, 0.29) is 0 Å². The molecular formula is C11H24O2. The van der Waals surface area contributed by atoms with E-state index in [9.17, 15) is 0 Å². The number of hydrogen-bond donors (Lipinski definition) is 1. The van der Waals surface area contributed by atoms with E-state index < -0.39 is 0 Å². The van der Waals surface area contributed by atoms with Gasteiger partial charge < -0.3 is 9.90 Å². The second kappa shape index (κ2) is 22.5. The highest BCUT2D eigenvalue weighted by molar-refractivity contribution is 5.10. The Hall–Kier alpha value is -0.630. The normalized spacial score (nSPS) is 17.8. The quantitative estimate of drug-likeness (QED) is 0.593. The van der Waals surface area contributed by atoms with Crippen molar-refractivity contribution in [3.05, 3.63) is 12.2 Å². The van der Waals surface area contributed by atoms with Crippen LogP contribution >= 0.6 is 0 Å². The second-order valence-electron chi connectivity index (χ2n) is 2.39. The molecule has 1 unspecified atom stereocenters. The molecule has 0 amide bonds. The van der Waals surface area contributed by atoms with Crippen LogP contribution in [0.3, 0.4) is 0 Å². The Bertz CT molecular complexity index is 90.1. The highest BCUT2D eigenvalue weighted by Crippen LogP contribution is 2.15. The molecule has 0 saturated heterocycles. The van der Waals surface area contributed by atoms with Gasteiger partial charge in [0.15, 0.2) is 0 Å². The molecule has 1 atom stereocenters. The molecule has 0 heterocycles. The van der Waals surface area contributed by atoms with Gasteiger partial charge in [0.1, 0.15) is 6.79 Å². The number of carbonyl (C=O) groups is 1. The Morgan fingerprint density at radius 2 is 1.69 bits per heavy atom. The van der Waals surface area contributed by atoms with Crippen molar-refractivity contribution in [2.75, 3.05) is 7.11 Å². The standard InChI is InChI=1S/C7H12.C2H6.CH4O.CH2O/c1-7-5-3-2-4-6-7;3*1-2/h2-3,7H,4-6H2,1H3;1-2H3;2H,1H3;1H2. The van der Waals surface area contributed by atoms with E-state index in [2.05, 4.69) is 19.1 Å². The van der Waals surface area contributed by atoms with Crippen LogP contribution in [0.1, 0.15) is 40.0 Å². The molecule has 0 aromatic heterocycles.